The molecule has 0 fully saturated rings. The third kappa shape index (κ3) is 1.55. The zero-order valence-electron chi connectivity index (χ0n) is 8.42. The molecule has 0 radical (unpaired) electrons. The molecule has 2 N–H and O–H groups in total. The molecule has 0 aliphatic carbocycles. The second-order valence-corrected chi connectivity index (χ2v) is 5.98. The maximum Gasteiger partial charge on any atom is 0.180 e. The van der Waals surface area contributed by atoms with Gasteiger partial charge in [0.2, 0.25) is 0 Å². The molecule has 2 nitrogen and oxygen atoms in total. The van der Waals surface area contributed by atoms with Crippen LogP contribution in [0.3, 0.4) is 0 Å². The summed E-state index contributed by atoms with van der Waals surface area (Å²) >= 11 is 3.36. The van der Waals surface area contributed by atoms with Crippen LogP contribution >= 0.6 is 22.7 Å². The summed E-state index contributed by atoms with van der Waals surface area (Å²) in [6.07, 6.45) is 0. The molecule has 4 heteroatoms. The fraction of sp³-hybridized carbons (Fsp3) is 0.300. The van der Waals surface area contributed by atoms with Gasteiger partial charge in [-0.25, -0.2) is 4.98 Å². The predicted molar refractivity (Wildman–Crippen MR) is 64.1 cm³/mol. The normalized spacial score (nSPS) is 10.8. The first kappa shape index (κ1) is 9.68. The van der Waals surface area contributed by atoms with E-state index in [4.69, 9.17) is 5.73 Å². The molecule has 14 heavy (non-hydrogen) atoms. The molecule has 0 saturated heterocycles. The van der Waals surface area contributed by atoms with Crippen molar-refractivity contribution < 1.29 is 0 Å². The van der Waals surface area contributed by atoms with Gasteiger partial charge in [0, 0.05) is 20.2 Å². The Labute approximate surface area is 91.4 Å². The number of nitrogens with zero attached hydrogens (tertiary/aromatic N) is 1. The van der Waals surface area contributed by atoms with E-state index in [0.717, 1.165) is 5.69 Å². The number of rotatable bonds is 1. The molecule has 0 aromatic carbocycles. The van der Waals surface area contributed by atoms with Gasteiger partial charge < -0.3 is 5.73 Å². The van der Waals surface area contributed by atoms with E-state index in [1.54, 1.807) is 22.7 Å². The molecule has 2 aromatic heterocycles. The molecular weight excluding hydrogens is 212 g/mol. The van der Waals surface area contributed by atoms with Gasteiger partial charge in [-0.2, -0.15) is 0 Å². The number of thiophene rings is 1. The minimum atomic E-state index is 0.653. The summed E-state index contributed by atoms with van der Waals surface area (Å²) in [5, 5.41) is 0.653. The Hall–Kier alpha value is -0.870. The summed E-state index contributed by atoms with van der Waals surface area (Å²) in [6.45, 7) is 6.31. The van der Waals surface area contributed by atoms with Gasteiger partial charge in [-0.3, -0.25) is 0 Å². The van der Waals surface area contributed by atoms with Crippen LogP contribution < -0.4 is 5.73 Å². The zero-order chi connectivity index (χ0) is 10.3. The molecule has 2 heterocycles. The molecular formula is C10H12N2S2. The van der Waals surface area contributed by atoms with Gasteiger partial charge in [0.25, 0.3) is 0 Å². The standard InChI is InChI=1S/C10H12N2S2/c1-5-4-8(6(2)13-5)9-7(3)14-10(11)12-9/h4H,1-3H3,(H2,11,12). The number of aryl methyl sites for hydroxylation is 3. The first-order chi connectivity index (χ1) is 6.58. The highest BCUT2D eigenvalue weighted by Gasteiger charge is 2.12. The van der Waals surface area contributed by atoms with E-state index in [2.05, 4.69) is 31.8 Å². The number of hydrogen-bond donors (Lipinski definition) is 1. The Balaban J connectivity index is 2.59. The average Bonchev–Trinajstić information content (AvgIpc) is 2.55. The molecule has 0 atom stereocenters. The Morgan fingerprint density at radius 3 is 2.29 bits per heavy atom. The largest absolute Gasteiger partial charge is 0.375 e. The van der Waals surface area contributed by atoms with E-state index in [9.17, 15) is 0 Å². The fourth-order valence-corrected chi connectivity index (χ4v) is 3.16. The number of nitrogens with two attached hydrogens (primary N) is 1. The summed E-state index contributed by atoms with van der Waals surface area (Å²) in [4.78, 5) is 8.19. The minimum absolute atomic E-state index is 0.653. The van der Waals surface area contributed by atoms with Gasteiger partial charge in [0.05, 0.1) is 5.69 Å². The third-order valence-corrected chi connectivity index (χ3v) is 3.88. The number of anilines is 1. The van der Waals surface area contributed by atoms with Gasteiger partial charge in [-0.05, 0) is 26.8 Å². The van der Waals surface area contributed by atoms with E-state index in [1.807, 2.05) is 0 Å². The number of aromatic nitrogens is 1. The lowest BCUT2D eigenvalue weighted by molar-refractivity contribution is 1.37. The van der Waals surface area contributed by atoms with Crippen molar-refractivity contribution in [1.82, 2.24) is 4.98 Å². The van der Waals surface area contributed by atoms with Crippen LogP contribution in [0.25, 0.3) is 11.3 Å². The second kappa shape index (κ2) is 3.37. The summed E-state index contributed by atoms with van der Waals surface area (Å²) in [6, 6.07) is 2.18. The first-order valence-electron chi connectivity index (χ1n) is 4.38. The van der Waals surface area contributed by atoms with Crippen LogP contribution in [-0.2, 0) is 0 Å². The quantitative estimate of drug-likeness (QED) is 0.806. The Morgan fingerprint density at radius 1 is 1.14 bits per heavy atom. The summed E-state index contributed by atoms with van der Waals surface area (Å²) in [5.41, 5.74) is 7.97. The Kier molecular flexibility index (Phi) is 2.33. The van der Waals surface area contributed by atoms with Crippen LogP contribution in [-0.4, -0.2) is 4.98 Å². The lowest BCUT2D eigenvalue weighted by atomic mass is 10.2. The van der Waals surface area contributed by atoms with Crippen molar-refractivity contribution >= 4 is 27.8 Å². The molecule has 2 aromatic rings. The topological polar surface area (TPSA) is 38.9 Å². The van der Waals surface area contributed by atoms with E-state index in [0.29, 0.717) is 5.13 Å². The van der Waals surface area contributed by atoms with E-state index in [1.165, 1.54) is 20.2 Å². The molecule has 0 aliphatic rings. The van der Waals surface area contributed by atoms with Crippen molar-refractivity contribution in [3.63, 3.8) is 0 Å². The molecule has 0 amide bonds. The Morgan fingerprint density at radius 2 is 1.86 bits per heavy atom. The number of thiazole rings is 1. The van der Waals surface area contributed by atoms with Crippen molar-refractivity contribution in [2.24, 2.45) is 0 Å². The van der Waals surface area contributed by atoms with Gasteiger partial charge >= 0.3 is 0 Å². The predicted octanol–water partition coefficient (Wildman–Crippen LogP) is 3.38. The maximum atomic E-state index is 5.68. The van der Waals surface area contributed by atoms with Crippen molar-refractivity contribution in [3.8, 4) is 11.3 Å². The highest BCUT2D eigenvalue weighted by atomic mass is 32.1. The molecule has 0 spiro atoms. The smallest absolute Gasteiger partial charge is 0.180 e. The third-order valence-electron chi connectivity index (χ3n) is 2.11. The lowest BCUT2D eigenvalue weighted by Crippen LogP contribution is -1.83. The van der Waals surface area contributed by atoms with Crippen LogP contribution in [0.15, 0.2) is 6.07 Å². The SMILES string of the molecule is Cc1cc(-c2nc(N)sc2C)c(C)s1. The summed E-state index contributed by atoms with van der Waals surface area (Å²) < 4.78 is 0. The van der Waals surface area contributed by atoms with Gasteiger partial charge in [0.15, 0.2) is 5.13 Å². The van der Waals surface area contributed by atoms with Gasteiger partial charge in [0.1, 0.15) is 0 Å². The first-order valence-corrected chi connectivity index (χ1v) is 6.01. The monoisotopic (exact) mass is 224 g/mol. The molecule has 74 valence electrons. The van der Waals surface area contributed by atoms with Crippen LogP contribution in [0.1, 0.15) is 14.6 Å². The minimum Gasteiger partial charge on any atom is -0.375 e. The van der Waals surface area contributed by atoms with E-state index in [-0.39, 0.29) is 0 Å². The average molecular weight is 224 g/mol. The summed E-state index contributed by atoms with van der Waals surface area (Å²) in [5.74, 6) is 0. The van der Waals surface area contributed by atoms with Crippen LogP contribution in [0, 0.1) is 20.8 Å². The highest BCUT2D eigenvalue weighted by Crippen LogP contribution is 2.34. The zero-order valence-corrected chi connectivity index (χ0v) is 10.1. The van der Waals surface area contributed by atoms with E-state index >= 15 is 0 Å². The van der Waals surface area contributed by atoms with E-state index < -0.39 is 0 Å². The molecule has 0 bridgehead atoms. The Bertz CT molecular complexity index is 424. The molecule has 0 saturated carbocycles. The summed E-state index contributed by atoms with van der Waals surface area (Å²) in [7, 11) is 0. The van der Waals surface area contributed by atoms with Crippen molar-refractivity contribution in [1.29, 1.82) is 0 Å². The van der Waals surface area contributed by atoms with Crippen molar-refractivity contribution in [2.45, 2.75) is 20.8 Å². The van der Waals surface area contributed by atoms with Crippen molar-refractivity contribution in [2.75, 3.05) is 5.73 Å². The van der Waals surface area contributed by atoms with Crippen LogP contribution in [0.5, 0.6) is 0 Å². The van der Waals surface area contributed by atoms with Gasteiger partial charge in [-0.15, -0.1) is 22.7 Å². The fourth-order valence-electron chi connectivity index (χ4n) is 1.53. The maximum absolute atomic E-state index is 5.68. The second-order valence-electron chi connectivity index (χ2n) is 3.28. The molecule has 0 aliphatic heterocycles. The van der Waals surface area contributed by atoms with Crippen LogP contribution in [0.4, 0.5) is 5.13 Å². The molecule has 0 unspecified atom stereocenters. The lowest BCUT2D eigenvalue weighted by Gasteiger charge is -1.95. The number of nitrogen functional groups attached to an aromatic ring is 1. The van der Waals surface area contributed by atoms with Gasteiger partial charge in [-0.1, -0.05) is 0 Å². The molecule has 2 rings (SSSR count). The van der Waals surface area contributed by atoms with Crippen molar-refractivity contribution in [3.05, 3.63) is 20.7 Å². The number of hydrogen-bond acceptors (Lipinski definition) is 4. The highest BCUT2D eigenvalue weighted by molar-refractivity contribution is 7.16. The van der Waals surface area contributed by atoms with Crippen LogP contribution in [0.2, 0.25) is 0 Å².